The topological polar surface area (TPSA) is 115 Å². The first-order valence-corrected chi connectivity index (χ1v) is 7.41. The number of carbonyl (C=O) groups is 1. The summed E-state index contributed by atoms with van der Waals surface area (Å²) >= 11 is 0. The van der Waals surface area contributed by atoms with Crippen LogP contribution in [0, 0.1) is 13.8 Å². The summed E-state index contributed by atoms with van der Waals surface area (Å²) in [6, 6.07) is -0.0978. The van der Waals surface area contributed by atoms with Gasteiger partial charge in [-0.15, -0.1) is 0 Å². The van der Waals surface area contributed by atoms with Crippen molar-refractivity contribution in [3.8, 4) is 0 Å². The fourth-order valence-corrected chi connectivity index (χ4v) is 2.65. The van der Waals surface area contributed by atoms with E-state index < -0.39 is 0 Å². The Morgan fingerprint density at radius 1 is 1.27 bits per heavy atom. The minimum Gasteiger partial charge on any atom is -0.331 e. The van der Waals surface area contributed by atoms with Crippen LogP contribution in [-0.2, 0) is 6.54 Å². The largest absolute Gasteiger partial charge is 0.331 e. The Bertz CT molecular complexity index is 648. The fourth-order valence-electron chi connectivity index (χ4n) is 2.65. The summed E-state index contributed by atoms with van der Waals surface area (Å²) in [6.07, 6.45) is 1.95. The molecule has 1 atom stereocenters. The normalized spacial score (nSPS) is 18.5. The zero-order valence-corrected chi connectivity index (χ0v) is 12.8. The number of nitrogens with zero attached hydrogens (tertiary/aromatic N) is 5. The second-order valence-corrected chi connectivity index (χ2v) is 5.56. The van der Waals surface area contributed by atoms with E-state index in [4.69, 9.17) is 0 Å². The van der Waals surface area contributed by atoms with Crippen molar-refractivity contribution in [3.63, 3.8) is 0 Å². The van der Waals surface area contributed by atoms with Crippen LogP contribution in [0.4, 0.5) is 4.79 Å². The minimum atomic E-state index is -0.0978. The predicted molar refractivity (Wildman–Crippen MR) is 78.0 cm³/mol. The van der Waals surface area contributed by atoms with Gasteiger partial charge in [0, 0.05) is 19.0 Å². The molecule has 0 bridgehead atoms. The van der Waals surface area contributed by atoms with Crippen LogP contribution in [0.15, 0.2) is 0 Å². The number of rotatable bonds is 3. The predicted octanol–water partition coefficient (Wildman–Crippen LogP) is 0.629. The molecule has 1 saturated heterocycles. The van der Waals surface area contributed by atoms with Crippen molar-refractivity contribution in [1.29, 1.82) is 0 Å². The van der Waals surface area contributed by atoms with E-state index in [0.29, 0.717) is 18.9 Å². The van der Waals surface area contributed by atoms with Gasteiger partial charge in [0.2, 0.25) is 0 Å². The van der Waals surface area contributed by atoms with Crippen LogP contribution in [0.25, 0.3) is 0 Å². The highest BCUT2D eigenvalue weighted by Gasteiger charge is 2.27. The van der Waals surface area contributed by atoms with E-state index in [1.807, 2.05) is 13.8 Å². The van der Waals surface area contributed by atoms with E-state index >= 15 is 0 Å². The lowest BCUT2D eigenvalue weighted by Gasteiger charge is -2.31. The van der Waals surface area contributed by atoms with Gasteiger partial charge in [0.05, 0.1) is 6.54 Å². The molecule has 1 aliphatic rings. The molecule has 1 unspecified atom stereocenters. The molecule has 2 amide bonds. The molecule has 22 heavy (non-hydrogen) atoms. The third kappa shape index (κ3) is 3.23. The van der Waals surface area contributed by atoms with E-state index in [9.17, 15) is 4.79 Å². The SMILES string of the molecule is Cc1nc(CNC(=O)N2CCCC(c3n[nH]c(C)n3)C2)n[nH]1. The van der Waals surface area contributed by atoms with Crippen molar-refractivity contribution in [1.82, 2.24) is 40.6 Å². The van der Waals surface area contributed by atoms with E-state index in [-0.39, 0.29) is 11.9 Å². The molecule has 0 saturated carbocycles. The van der Waals surface area contributed by atoms with Crippen molar-refractivity contribution in [2.24, 2.45) is 0 Å². The lowest BCUT2D eigenvalue weighted by atomic mass is 9.98. The van der Waals surface area contributed by atoms with Crippen LogP contribution in [0.1, 0.15) is 42.1 Å². The van der Waals surface area contributed by atoms with E-state index in [1.165, 1.54) is 0 Å². The quantitative estimate of drug-likeness (QED) is 0.769. The first kappa shape index (κ1) is 14.5. The minimum absolute atomic E-state index is 0.0978. The second-order valence-electron chi connectivity index (χ2n) is 5.56. The maximum atomic E-state index is 12.3. The highest BCUT2D eigenvalue weighted by Crippen LogP contribution is 2.24. The number of urea groups is 1. The molecule has 9 heteroatoms. The molecule has 9 nitrogen and oxygen atoms in total. The Kier molecular flexibility index (Phi) is 4.03. The van der Waals surface area contributed by atoms with Crippen molar-refractivity contribution in [2.45, 2.75) is 39.2 Å². The average molecular weight is 304 g/mol. The van der Waals surface area contributed by atoms with Crippen LogP contribution in [-0.4, -0.2) is 54.4 Å². The zero-order valence-electron chi connectivity index (χ0n) is 12.8. The number of H-pyrrole nitrogens is 2. The second kappa shape index (κ2) is 6.12. The van der Waals surface area contributed by atoms with E-state index in [1.54, 1.807) is 4.90 Å². The molecule has 0 aromatic carbocycles. The van der Waals surface area contributed by atoms with Gasteiger partial charge >= 0.3 is 6.03 Å². The van der Waals surface area contributed by atoms with Gasteiger partial charge in [-0.3, -0.25) is 10.2 Å². The Hall–Kier alpha value is -2.45. The number of carbonyl (C=O) groups excluding carboxylic acids is 1. The third-order valence-corrected chi connectivity index (χ3v) is 3.73. The number of aromatic amines is 2. The molecule has 2 aromatic heterocycles. The van der Waals surface area contributed by atoms with Crippen molar-refractivity contribution < 1.29 is 4.79 Å². The molecule has 0 spiro atoms. The van der Waals surface area contributed by atoms with Gasteiger partial charge in [-0.2, -0.15) is 10.2 Å². The number of aryl methyl sites for hydroxylation is 2. The van der Waals surface area contributed by atoms with Crippen LogP contribution in [0.2, 0.25) is 0 Å². The Labute approximate surface area is 127 Å². The third-order valence-electron chi connectivity index (χ3n) is 3.73. The molecule has 2 aromatic rings. The van der Waals surface area contributed by atoms with Crippen molar-refractivity contribution in [3.05, 3.63) is 23.3 Å². The molecule has 3 heterocycles. The van der Waals surface area contributed by atoms with Crippen LogP contribution >= 0.6 is 0 Å². The van der Waals surface area contributed by atoms with Gasteiger partial charge in [-0.25, -0.2) is 14.8 Å². The summed E-state index contributed by atoms with van der Waals surface area (Å²) in [6.45, 7) is 5.41. The monoisotopic (exact) mass is 304 g/mol. The highest BCUT2D eigenvalue weighted by atomic mass is 16.2. The maximum absolute atomic E-state index is 12.3. The Balaban J connectivity index is 1.55. The van der Waals surface area contributed by atoms with Gasteiger partial charge in [0.1, 0.15) is 11.6 Å². The lowest BCUT2D eigenvalue weighted by molar-refractivity contribution is 0.177. The first-order valence-electron chi connectivity index (χ1n) is 7.41. The summed E-state index contributed by atoms with van der Waals surface area (Å²) in [5, 5.41) is 16.7. The number of amides is 2. The maximum Gasteiger partial charge on any atom is 0.317 e. The summed E-state index contributed by atoms with van der Waals surface area (Å²) in [4.78, 5) is 22.6. The van der Waals surface area contributed by atoms with Gasteiger partial charge in [-0.1, -0.05) is 0 Å². The lowest BCUT2D eigenvalue weighted by Crippen LogP contribution is -2.45. The molecule has 118 valence electrons. The molecule has 1 fully saturated rings. The summed E-state index contributed by atoms with van der Waals surface area (Å²) < 4.78 is 0. The molecular weight excluding hydrogens is 284 g/mol. The molecule has 0 radical (unpaired) electrons. The number of likely N-dealkylation sites (tertiary alicyclic amines) is 1. The number of hydrogen-bond acceptors (Lipinski definition) is 5. The highest BCUT2D eigenvalue weighted by molar-refractivity contribution is 5.74. The van der Waals surface area contributed by atoms with Gasteiger partial charge < -0.3 is 10.2 Å². The van der Waals surface area contributed by atoms with Crippen LogP contribution in [0.3, 0.4) is 0 Å². The molecule has 3 N–H and O–H groups in total. The van der Waals surface area contributed by atoms with E-state index in [2.05, 4.69) is 35.7 Å². The summed E-state index contributed by atoms with van der Waals surface area (Å²) in [5.41, 5.74) is 0. The Morgan fingerprint density at radius 3 is 2.73 bits per heavy atom. The van der Waals surface area contributed by atoms with Gasteiger partial charge in [-0.05, 0) is 26.7 Å². The van der Waals surface area contributed by atoms with Gasteiger partial charge in [0.25, 0.3) is 0 Å². The van der Waals surface area contributed by atoms with E-state index in [0.717, 1.165) is 36.9 Å². The first-order chi connectivity index (χ1) is 10.6. The zero-order chi connectivity index (χ0) is 15.5. The Morgan fingerprint density at radius 2 is 2.05 bits per heavy atom. The number of aromatic nitrogens is 6. The van der Waals surface area contributed by atoms with Crippen molar-refractivity contribution >= 4 is 6.03 Å². The smallest absolute Gasteiger partial charge is 0.317 e. The van der Waals surface area contributed by atoms with Gasteiger partial charge in [0.15, 0.2) is 11.6 Å². The standard InChI is InChI=1S/C13H20N8O/c1-8-15-11(19-17-8)6-14-13(22)21-5-3-4-10(7-21)12-16-9(2)18-20-12/h10H,3-7H2,1-2H3,(H,14,22)(H,15,17,19)(H,16,18,20). The molecule has 0 aliphatic carbocycles. The fraction of sp³-hybridized carbons (Fsp3) is 0.615. The summed E-state index contributed by atoms with van der Waals surface area (Å²) in [5.74, 6) is 3.11. The molecule has 1 aliphatic heterocycles. The van der Waals surface area contributed by atoms with Crippen LogP contribution in [0.5, 0.6) is 0 Å². The molecule has 3 rings (SSSR count). The molecular formula is C13H20N8O. The summed E-state index contributed by atoms with van der Waals surface area (Å²) in [7, 11) is 0. The average Bonchev–Trinajstić information content (AvgIpc) is 3.13. The number of piperidine rings is 1. The van der Waals surface area contributed by atoms with Crippen molar-refractivity contribution in [2.75, 3.05) is 13.1 Å². The van der Waals surface area contributed by atoms with Crippen LogP contribution < -0.4 is 5.32 Å². The number of hydrogen-bond donors (Lipinski definition) is 3. The number of nitrogens with one attached hydrogen (secondary N) is 3.